The maximum absolute atomic E-state index is 12.6. The molecule has 134 valence electrons. The lowest BCUT2D eigenvalue weighted by molar-refractivity contribution is 0.0894. The van der Waals surface area contributed by atoms with Gasteiger partial charge in [0.2, 0.25) is 0 Å². The number of alkyl halides is 2. The topological polar surface area (TPSA) is 54.0 Å². The van der Waals surface area contributed by atoms with Crippen LogP contribution in [0.4, 0.5) is 8.78 Å². The first-order valence-corrected chi connectivity index (χ1v) is 8.73. The van der Waals surface area contributed by atoms with Crippen molar-refractivity contribution in [3.8, 4) is 0 Å². The Kier molecular flexibility index (Phi) is 5.58. The van der Waals surface area contributed by atoms with Crippen LogP contribution in [0.5, 0.6) is 0 Å². The average molecular weight is 347 g/mol. The van der Waals surface area contributed by atoms with Crippen LogP contribution in [0.2, 0.25) is 0 Å². The van der Waals surface area contributed by atoms with Crippen molar-refractivity contribution < 1.29 is 13.6 Å². The number of hydrogen-bond donors (Lipinski definition) is 2. The zero-order chi connectivity index (χ0) is 17.8. The molecule has 1 atom stereocenters. The van der Waals surface area contributed by atoms with Crippen LogP contribution in [0, 0.1) is 0 Å². The van der Waals surface area contributed by atoms with E-state index in [9.17, 15) is 13.6 Å². The minimum atomic E-state index is -2.35. The number of pyridine rings is 1. The Hall–Kier alpha value is -2.08. The summed E-state index contributed by atoms with van der Waals surface area (Å²) in [5.41, 5.74) is 1.41. The molecule has 1 aromatic heterocycles. The van der Waals surface area contributed by atoms with E-state index in [0.29, 0.717) is 5.56 Å². The van der Waals surface area contributed by atoms with Crippen LogP contribution < -0.4 is 10.6 Å². The van der Waals surface area contributed by atoms with Crippen molar-refractivity contribution in [1.29, 1.82) is 0 Å². The first-order valence-electron chi connectivity index (χ1n) is 8.73. The average Bonchev–Trinajstić information content (AvgIpc) is 2.62. The van der Waals surface area contributed by atoms with E-state index in [1.54, 1.807) is 6.20 Å². The summed E-state index contributed by atoms with van der Waals surface area (Å²) in [7, 11) is 0. The molecule has 1 aliphatic rings. The Labute approximate surface area is 146 Å². The number of para-hydroxylation sites is 1. The summed E-state index contributed by atoms with van der Waals surface area (Å²) in [5, 5.41) is 6.95. The van der Waals surface area contributed by atoms with Gasteiger partial charge in [-0.15, -0.1) is 0 Å². The summed E-state index contributed by atoms with van der Waals surface area (Å²) in [6.45, 7) is 1.51. The molecule has 1 heterocycles. The molecule has 2 N–H and O–H groups in total. The Morgan fingerprint density at radius 2 is 1.84 bits per heavy atom. The van der Waals surface area contributed by atoms with Gasteiger partial charge < -0.3 is 10.6 Å². The standard InChI is InChI=1S/C19H23F2N3O/c1-12(18(20)21)23-15-6-8-16(9-7-15)24-19(25)14-10-13-4-2-3-5-17(13)22-11-14/h2-5,10-12,15-16,18,23H,6-9H2,1H3,(H,24,25)/t12-,15?,16?/m0/s1. The first kappa shape index (κ1) is 17.7. The summed E-state index contributed by atoms with van der Waals surface area (Å²) in [5.74, 6) is -0.129. The van der Waals surface area contributed by atoms with E-state index in [4.69, 9.17) is 0 Å². The quantitative estimate of drug-likeness (QED) is 0.870. The SMILES string of the molecule is C[C@H](NC1CCC(NC(=O)c2cnc3ccccc3c2)CC1)C(F)F. The molecular formula is C19H23F2N3O. The minimum absolute atomic E-state index is 0.0823. The third-order valence-corrected chi connectivity index (χ3v) is 4.79. The highest BCUT2D eigenvalue weighted by molar-refractivity contribution is 5.97. The molecule has 0 unspecified atom stereocenters. The summed E-state index contributed by atoms with van der Waals surface area (Å²) in [6.07, 6.45) is 2.41. The maximum Gasteiger partial charge on any atom is 0.253 e. The van der Waals surface area contributed by atoms with Crippen LogP contribution in [0.3, 0.4) is 0 Å². The normalized spacial score (nSPS) is 22.1. The zero-order valence-corrected chi connectivity index (χ0v) is 14.2. The second-order valence-electron chi connectivity index (χ2n) is 6.73. The van der Waals surface area contributed by atoms with Gasteiger partial charge in [0.1, 0.15) is 0 Å². The number of carbonyl (C=O) groups excluding carboxylic acids is 1. The van der Waals surface area contributed by atoms with Crippen LogP contribution in [0.25, 0.3) is 10.9 Å². The van der Waals surface area contributed by atoms with E-state index in [2.05, 4.69) is 15.6 Å². The largest absolute Gasteiger partial charge is 0.349 e. The predicted octanol–water partition coefficient (Wildman–Crippen LogP) is 3.52. The summed E-state index contributed by atoms with van der Waals surface area (Å²) >= 11 is 0. The van der Waals surface area contributed by atoms with Crippen LogP contribution >= 0.6 is 0 Å². The molecule has 4 nitrogen and oxygen atoms in total. The van der Waals surface area contributed by atoms with Gasteiger partial charge >= 0.3 is 0 Å². The van der Waals surface area contributed by atoms with Crippen molar-refractivity contribution in [1.82, 2.24) is 15.6 Å². The van der Waals surface area contributed by atoms with Crippen molar-refractivity contribution in [2.75, 3.05) is 0 Å². The van der Waals surface area contributed by atoms with Gasteiger partial charge in [-0.05, 0) is 44.7 Å². The number of halogens is 2. The zero-order valence-electron chi connectivity index (χ0n) is 14.2. The van der Waals surface area contributed by atoms with E-state index in [1.165, 1.54) is 6.92 Å². The van der Waals surface area contributed by atoms with Gasteiger partial charge in [-0.1, -0.05) is 18.2 Å². The van der Waals surface area contributed by atoms with Gasteiger partial charge in [-0.25, -0.2) is 8.78 Å². The van der Waals surface area contributed by atoms with E-state index in [1.807, 2.05) is 30.3 Å². The second kappa shape index (κ2) is 7.87. The molecule has 1 saturated carbocycles. The number of hydrogen-bond acceptors (Lipinski definition) is 3. The molecule has 1 aliphatic carbocycles. The fourth-order valence-corrected chi connectivity index (χ4v) is 3.31. The molecule has 0 aliphatic heterocycles. The number of amides is 1. The highest BCUT2D eigenvalue weighted by Crippen LogP contribution is 2.21. The van der Waals surface area contributed by atoms with Crippen LogP contribution in [-0.4, -0.2) is 35.4 Å². The van der Waals surface area contributed by atoms with Gasteiger partial charge in [-0.3, -0.25) is 9.78 Å². The summed E-state index contributed by atoms with van der Waals surface area (Å²) < 4.78 is 25.2. The van der Waals surface area contributed by atoms with E-state index < -0.39 is 12.5 Å². The molecular weight excluding hydrogens is 324 g/mol. The fourth-order valence-electron chi connectivity index (χ4n) is 3.31. The Morgan fingerprint density at radius 1 is 1.16 bits per heavy atom. The molecule has 0 spiro atoms. The molecule has 25 heavy (non-hydrogen) atoms. The Morgan fingerprint density at radius 3 is 2.56 bits per heavy atom. The minimum Gasteiger partial charge on any atom is -0.349 e. The molecule has 0 saturated heterocycles. The molecule has 0 radical (unpaired) electrons. The molecule has 1 fully saturated rings. The number of nitrogens with one attached hydrogen (secondary N) is 2. The van der Waals surface area contributed by atoms with Crippen LogP contribution in [0.1, 0.15) is 43.0 Å². The monoisotopic (exact) mass is 347 g/mol. The van der Waals surface area contributed by atoms with Gasteiger partial charge in [0.25, 0.3) is 12.3 Å². The Balaban J connectivity index is 1.53. The number of aromatic nitrogens is 1. The number of fused-ring (bicyclic) bond motifs is 1. The lowest BCUT2D eigenvalue weighted by Crippen LogP contribution is -2.46. The fraction of sp³-hybridized carbons (Fsp3) is 0.474. The van der Waals surface area contributed by atoms with E-state index in [-0.39, 0.29) is 18.0 Å². The summed E-state index contributed by atoms with van der Waals surface area (Å²) in [6, 6.07) is 8.90. The number of nitrogens with zero attached hydrogens (tertiary/aromatic N) is 1. The van der Waals surface area contributed by atoms with Crippen molar-refractivity contribution in [2.24, 2.45) is 0 Å². The van der Waals surface area contributed by atoms with Crippen molar-refractivity contribution in [3.05, 3.63) is 42.1 Å². The van der Waals surface area contributed by atoms with Crippen molar-refractivity contribution >= 4 is 16.8 Å². The van der Waals surface area contributed by atoms with E-state index in [0.717, 1.165) is 36.6 Å². The number of carbonyl (C=O) groups is 1. The molecule has 1 amide bonds. The van der Waals surface area contributed by atoms with Crippen molar-refractivity contribution in [3.63, 3.8) is 0 Å². The Bertz CT molecular complexity index is 729. The van der Waals surface area contributed by atoms with E-state index >= 15 is 0 Å². The van der Waals surface area contributed by atoms with Gasteiger partial charge in [-0.2, -0.15) is 0 Å². The first-order chi connectivity index (χ1) is 12.0. The van der Waals surface area contributed by atoms with Crippen LogP contribution in [0.15, 0.2) is 36.5 Å². The highest BCUT2D eigenvalue weighted by Gasteiger charge is 2.25. The van der Waals surface area contributed by atoms with Crippen molar-refractivity contribution in [2.45, 2.75) is 57.2 Å². The summed E-state index contributed by atoms with van der Waals surface area (Å²) in [4.78, 5) is 16.8. The molecule has 0 bridgehead atoms. The third kappa shape index (κ3) is 4.51. The van der Waals surface area contributed by atoms with Gasteiger partial charge in [0.05, 0.1) is 17.1 Å². The molecule has 1 aromatic carbocycles. The third-order valence-electron chi connectivity index (χ3n) is 4.79. The number of benzene rings is 1. The molecule has 6 heteroatoms. The smallest absolute Gasteiger partial charge is 0.253 e. The lowest BCUT2D eigenvalue weighted by atomic mass is 9.90. The highest BCUT2D eigenvalue weighted by atomic mass is 19.3. The lowest BCUT2D eigenvalue weighted by Gasteiger charge is -2.31. The maximum atomic E-state index is 12.6. The number of rotatable bonds is 5. The molecule has 3 rings (SSSR count). The van der Waals surface area contributed by atoms with Crippen LogP contribution in [-0.2, 0) is 0 Å². The van der Waals surface area contributed by atoms with Gasteiger partial charge in [0, 0.05) is 23.7 Å². The van der Waals surface area contributed by atoms with Gasteiger partial charge in [0.15, 0.2) is 0 Å². The second-order valence-corrected chi connectivity index (χ2v) is 6.73. The molecule has 2 aromatic rings. The predicted molar refractivity (Wildman–Crippen MR) is 93.9 cm³/mol.